The second-order valence-electron chi connectivity index (χ2n) is 5.48. The maximum atomic E-state index is 12.2. The van der Waals surface area contributed by atoms with E-state index in [1.165, 1.54) is 13.2 Å². The Morgan fingerprint density at radius 3 is 2.54 bits per heavy atom. The van der Waals surface area contributed by atoms with Crippen LogP contribution in [0.5, 0.6) is 11.5 Å². The molecule has 0 fully saturated rings. The summed E-state index contributed by atoms with van der Waals surface area (Å²) in [7, 11) is 1.52. The molecular formula is C20H23NO5. The van der Waals surface area contributed by atoms with Crippen LogP contribution in [0.1, 0.15) is 29.8 Å². The molecule has 0 aromatic heterocycles. The van der Waals surface area contributed by atoms with Crippen molar-refractivity contribution in [1.82, 2.24) is 0 Å². The van der Waals surface area contributed by atoms with Crippen LogP contribution in [-0.2, 0) is 16.0 Å². The first kappa shape index (κ1) is 19.3. The van der Waals surface area contributed by atoms with Gasteiger partial charge in [-0.15, -0.1) is 0 Å². The van der Waals surface area contributed by atoms with Gasteiger partial charge in [-0.1, -0.05) is 19.1 Å². The molecule has 6 heteroatoms. The highest BCUT2D eigenvalue weighted by atomic mass is 16.5. The molecule has 0 aliphatic carbocycles. The Kier molecular flexibility index (Phi) is 7.02. The van der Waals surface area contributed by atoms with Crippen LogP contribution in [0.2, 0.25) is 0 Å². The third-order valence-corrected chi connectivity index (χ3v) is 3.65. The predicted molar refractivity (Wildman–Crippen MR) is 98.9 cm³/mol. The first-order chi connectivity index (χ1) is 12.6. The number of carbonyl (C=O) groups is 2. The summed E-state index contributed by atoms with van der Waals surface area (Å²) >= 11 is 0. The Morgan fingerprint density at radius 1 is 1.04 bits per heavy atom. The van der Waals surface area contributed by atoms with Crippen LogP contribution in [0.25, 0.3) is 0 Å². The lowest BCUT2D eigenvalue weighted by Gasteiger charge is -2.11. The Hall–Kier alpha value is -3.02. The minimum Gasteiger partial charge on any atom is -0.493 e. The molecule has 0 atom stereocenters. The van der Waals surface area contributed by atoms with Crippen LogP contribution in [0.4, 0.5) is 5.69 Å². The molecule has 2 rings (SSSR count). The van der Waals surface area contributed by atoms with Crippen molar-refractivity contribution in [3.8, 4) is 11.5 Å². The quantitative estimate of drug-likeness (QED) is 0.733. The van der Waals surface area contributed by atoms with Crippen LogP contribution in [0, 0.1) is 0 Å². The zero-order valence-corrected chi connectivity index (χ0v) is 15.2. The van der Waals surface area contributed by atoms with E-state index in [9.17, 15) is 9.59 Å². The van der Waals surface area contributed by atoms with Crippen molar-refractivity contribution in [3.05, 3.63) is 53.6 Å². The number of esters is 1. The van der Waals surface area contributed by atoms with Crippen LogP contribution in [0.3, 0.4) is 0 Å². The van der Waals surface area contributed by atoms with E-state index in [0.717, 1.165) is 12.0 Å². The third-order valence-electron chi connectivity index (χ3n) is 3.65. The summed E-state index contributed by atoms with van der Waals surface area (Å²) in [6.45, 7) is 3.94. The predicted octanol–water partition coefficient (Wildman–Crippen LogP) is 3.45. The smallest absolute Gasteiger partial charge is 0.338 e. The number of aryl methyl sites for hydroxylation is 1. The van der Waals surface area contributed by atoms with Crippen molar-refractivity contribution in [2.75, 3.05) is 25.6 Å². The van der Waals surface area contributed by atoms with Gasteiger partial charge in [0.2, 0.25) is 0 Å². The van der Waals surface area contributed by atoms with Crippen molar-refractivity contribution in [3.63, 3.8) is 0 Å². The molecule has 0 saturated carbocycles. The molecule has 0 aliphatic rings. The molecule has 1 amide bonds. The van der Waals surface area contributed by atoms with E-state index < -0.39 is 11.9 Å². The molecule has 26 heavy (non-hydrogen) atoms. The summed E-state index contributed by atoms with van der Waals surface area (Å²) in [5.41, 5.74) is 2.07. The molecule has 0 radical (unpaired) electrons. The molecule has 1 N–H and O–H groups in total. The largest absolute Gasteiger partial charge is 0.493 e. The van der Waals surface area contributed by atoms with Gasteiger partial charge in [0.1, 0.15) is 0 Å². The minimum absolute atomic E-state index is 0.287. The number of anilines is 1. The molecule has 0 aliphatic heterocycles. The average molecular weight is 357 g/mol. The Morgan fingerprint density at radius 2 is 1.85 bits per heavy atom. The van der Waals surface area contributed by atoms with Crippen LogP contribution < -0.4 is 14.8 Å². The summed E-state index contributed by atoms with van der Waals surface area (Å²) in [5, 5.41) is 2.71. The van der Waals surface area contributed by atoms with Gasteiger partial charge in [0.05, 0.1) is 19.3 Å². The first-order valence-electron chi connectivity index (χ1n) is 8.44. The fourth-order valence-electron chi connectivity index (χ4n) is 2.35. The molecule has 0 saturated heterocycles. The second-order valence-corrected chi connectivity index (χ2v) is 5.48. The number of rotatable bonds is 8. The van der Waals surface area contributed by atoms with Crippen molar-refractivity contribution in [2.24, 2.45) is 0 Å². The first-order valence-corrected chi connectivity index (χ1v) is 8.44. The summed E-state index contributed by atoms with van der Waals surface area (Å²) in [5.74, 6) is -0.0292. The maximum absolute atomic E-state index is 12.2. The lowest BCUT2D eigenvalue weighted by Crippen LogP contribution is -2.21. The van der Waals surface area contributed by atoms with Crippen molar-refractivity contribution < 1.29 is 23.8 Å². The lowest BCUT2D eigenvalue weighted by atomic mass is 10.1. The van der Waals surface area contributed by atoms with Crippen molar-refractivity contribution in [1.29, 1.82) is 0 Å². The van der Waals surface area contributed by atoms with Gasteiger partial charge in [-0.25, -0.2) is 4.79 Å². The van der Waals surface area contributed by atoms with E-state index >= 15 is 0 Å². The lowest BCUT2D eigenvalue weighted by molar-refractivity contribution is -0.119. The number of carbonyl (C=O) groups excluding carboxylic acids is 2. The monoisotopic (exact) mass is 357 g/mol. The number of methoxy groups -OCH3 is 1. The molecule has 2 aromatic carbocycles. The van der Waals surface area contributed by atoms with E-state index in [2.05, 4.69) is 5.32 Å². The fraction of sp³-hybridized carbons (Fsp3) is 0.300. The summed E-state index contributed by atoms with van der Waals surface area (Å²) < 4.78 is 15.7. The molecule has 138 valence electrons. The topological polar surface area (TPSA) is 73.9 Å². The summed E-state index contributed by atoms with van der Waals surface area (Å²) in [4.78, 5) is 24.1. The molecule has 0 unspecified atom stereocenters. The van der Waals surface area contributed by atoms with Gasteiger partial charge in [0.25, 0.3) is 5.91 Å². The third kappa shape index (κ3) is 5.24. The van der Waals surface area contributed by atoms with Gasteiger partial charge in [-0.05, 0) is 49.2 Å². The molecular weight excluding hydrogens is 334 g/mol. The number of ether oxygens (including phenoxy) is 3. The van der Waals surface area contributed by atoms with Gasteiger partial charge >= 0.3 is 5.97 Å². The van der Waals surface area contributed by atoms with E-state index in [-0.39, 0.29) is 12.2 Å². The normalized spacial score (nSPS) is 10.1. The van der Waals surface area contributed by atoms with Gasteiger partial charge in [-0.2, -0.15) is 0 Å². The molecule has 0 heterocycles. The van der Waals surface area contributed by atoms with E-state index in [1.807, 2.05) is 32.0 Å². The van der Waals surface area contributed by atoms with Crippen molar-refractivity contribution >= 4 is 17.6 Å². The Labute approximate surface area is 153 Å². The van der Waals surface area contributed by atoms with E-state index in [1.54, 1.807) is 18.2 Å². The van der Waals surface area contributed by atoms with E-state index in [4.69, 9.17) is 14.2 Å². The number of benzene rings is 2. The number of nitrogens with one attached hydrogen (secondary N) is 1. The number of hydrogen-bond acceptors (Lipinski definition) is 5. The van der Waals surface area contributed by atoms with Crippen LogP contribution in [-0.4, -0.2) is 32.2 Å². The molecule has 6 nitrogen and oxygen atoms in total. The van der Waals surface area contributed by atoms with Gasteiger partial charge in [0.15, 0.2) is 18.1 Å². The number of hydrogen-bond donors (Lipinski definition) is 1. The Bertz CT molecular complexity index is 773. The van der Waals surface area contributed by atoms with Gasteiger partial charge in [-0.3, -0.25) is 4.79 Å². The SMILES string of the molecule is CCOc1cc(C(=O)OCC(=O)Nc2cccc(CC)c2)ccc1OC. The maximum Gasteiger partial charge on any atom is 0.338 e. The Balaban J connectivity index is 1.95. The molecule has 0 bridgehead atoms. The standard InChI is InChI=1S/C20H23NO5/c1-4-14-7-6-8-16(11-14)21-19(22)13-26-20(23)15-9-10-17(24-3)18(12-15)25-5-2/h6-12H,4-5,13H2,1-3H3,(H,21,22). The molecule has 2 aromatic rings. The summed E-state index contributed by atoms with van der Waals surface area (Å²) in [6.07, 6.45) is 0.873. The van der Waals surface area contributed by atoms with Gasteiger partial charge < -0.3 is 19.5 Å². The summed E-state index contributed by atoms with van der Waals surface area (Å²) in [6, 6.07) is 12.2. The van der Waals surface area contributed by atoms with Gasteiger partial charge in [0, 0.05) is 5.69 Å². The highest BCUT2D eigenvalue weighted by Gasteiger charge is 2.14. The van der Waals surface area contributed by atoms with Crippen molar-refractivity contribution in [2.45, 2.75) is 20.3 Å². The molecule has 0 spiro atoms. The highest BCUT2D eigenvalue weighted by molar-refractivity contribution is 5.95. The number of amides is 1. The minimum atomic E-state index is -0.605. The second kappa shape index (κ2) is 9.46. The highest BCUT2D eigenvalue weighted by Crippen LogP contribution is 2.28. The van der Waals surface area contributed by atoms with E-state index in [0.29, 0.717) is 23.8 Å². The zero-order valence-electron chi connectivity index (χ0n) is 15.2. The fourth-order valence-corrected chi connectivity index (χ4v) is 2.35. The zero-order chi connectivity index (χ0) is 18.9. The average Bonchev–Trinajstić information content (AvgIpc) is 2.66. The van der Waals surface area contributed by atoms with Crippen LogP contribution >= 0.6 is 0 Å². The van der Waals surface area contributed by atoms with Crippen LogP contribution in [0.15, 0.2) is 42.5 Å².